The molecule has 1 heterocycles. The molecule has 10 nitrogen and oxygen atoms in total. The Bertz CT molecular complexity index is 1800. The molecule has 52 heavy (non-hydrogen) atoms. The fourth-order valence-corrected chi connectivity index (χ4v) is 9.33. The molecule has 3 N–H and O–H groups in total. The maximum absolute atomic E-state index is 14.5. The summed E-state index contributed by atoms with van der Waals surface area (Å²) in [4.78, 5) is 40.2. The molecular formula is C40H53N3O7S2. The van der Waals surface area contributed by atoms with E-state index < -0.39 is 52.2 Å². The van der Waals surface area contributed by atoms with Crippen LogP contribution in [0.25, 0.3) is 0 Å². The average Bonchev–Trinajstić information content (AvgIpc) is 3.21. The lowest BCUT2D eigenvalue weighted by Crippen LogP contribution is -2.43. The summed E-state index contributed by atoms with van der Waals surface area (Å²) in [5.74, 6) is -2.29. The minimum atomic E-state index is -3.82. The van der Waals surface area contributed by atoms with Crippen molar-refractivity contribution in [3.63, 3.8) is 0 Å². The number of rotatable bonds is 16. The molecule has 1 atom stereocenters. The maximum atomic E-state index is 14.5. The number of carboxylic acids is 1. The van der Waals surface area contributed by atoms with E-state index in [9.17, 15) is 22.8 Å². The standard InChI is InChI=1S/C40H53N3O7S2/c1-7-9-20-40(21-10-8-2)26-43(30-18-16-29(17-19-30)39(3,4)5)31-22-33(51-6)32(23-34(31)52(48,49)27-40)50-25-35(44)42-37(28-14-12-11-13-15-28)38(47)41-24-36(45)46/h11-19,22-23,37H,7-10,20-21,24-27H2,1-6H3,(H,41,47)(H,42,44)(H,45,46)/t37-/m1/s1. The number of unbranched alkanes of at least 4 members (excludes halogenated alkanes) is 2. The zero-order chi connectivity index (χ0) is 38.1. The summed E-state index contributed by atoms with van der Waals surface area (Å²) in [6.07, 6.45) is 7.21. The number of thioether (sulfide) groups is 1. The number of sulfone groups is 1. The van der Waals surface area contributed by atoms with Crippen molar-refractivity contribution in [2.75, 3.05) is 36.6 Å². The highest BCUT2D eigenvalue weighted by molar-refractivity contribution is 7.98. The highest BCUT2D eigenvalue weighted by atomic mass is 32.2. The van der Waals surface area contributed by atoms with Crippen molar-refractivity contribution in [2.24, 2.45) is 5.41 Å². The van der Waals surface area contributed by atoms with E-state index in [-0.39, 0.29) is 21.8 Å². The molecular weight excluding hydrogens is 699 g/mol. The van der Waals surface area contributed by atoms with Crippen LogP contribution in [-0.2, 0) is 29.6 Å². The number of ether oxygens (including phenoxy) is 1. The number of carbonyl (C=O) groups is 3. The van der Waals surface area contributed by atoms with Crippen LogP contribution < -0.4 is 20.3 Å². The van der Waals surface area contributed by atoms with E-state index in [0.29, 0.717) is 22.7 Å². The fraction of sp³-hybridized carbons (Fsp3) is 0.475. The summed E-state index contributed by atoms with van der Waals surface area (Å²) >= 11 is 1.38. The molecule has 1 aliphatic rings. The number of aliphatic carboxylic acids is 1. The first kappa shape index (κ1) is 40.7. The smallest absolute Gasteiger partial charge is 0.322 e. The Hall–Kier alpha value is -4.03. The molecule has 0 radical (unpaired) electrons. The third-order valence-corrected chi connectivity index (χ3v) is 12.2. The second kappa shape index (κ2) is 17.7. The van der Waals surface area contributed by atoms with E-state index >= 15 is 0 Å². The number of amides is 2. The van der Waals surface area contributed by atoms with Crippen LogP contribution in [0.4, 0.5) is 11.4 Å². The van der Waals surface area contributed by atoms with E-state index in [2.05, 4.69) is 74.4 Å². The predicted molar refractivity (Wildman–Crippen MR) is 207 cm³/mol. The van der Waals surface area contributed by atoms with Gasteiger partial charge in [0.25, 0.3) is 5.91 Å². The van der Waals surface area contributed by atoms with Gasteiger partial charge in [-0.25, -0.2) is 8.42 Å². The number of hydrogen-bond donors (Lipinski definition) is 3. The van der Waals surface area contributed by atoms with E-state index in [1.165, 1.54) is 17.3 Å². The van der Waals surface area contributed by atoms with E-state index in [0.717, 1.165) is 44.2 Å². The number of nitrogens with zero attached hydrogens (tertiary/aromatic N) is 1. The third-order valence-electron chi connectivity index (χ3n) is 9.50. The summed E-state index contributed by atoms with van der Waals surface area (Å²) < 4.78 is 35.1. The SMILES string of the molecule is CCCCC1(CCCC)CN(c2ccc(C(C)(C)C)cc2)c2cc(SC)c(OCC(=O)N[C@@H](C(=O)NCC(=O)O)c3ccccc3)cc2S(=O)(=O)C1. The van der Waals surface area contributed by atoms with Crippen LogP contribution >= 0.6 is 11.8 Å². The molecule has 282 valence electrons. The molecule has 0 spiro atoms. The first-order valence-electron chi connectivity index (χ1n) is 17.9. The van der Waals surface area contributed by atoms with Gasteiger partial charge < -0.3 is 25.4 Å². The monoisotopic (exact) mass is 751 g/mol. The van der Waals surface area contributed by atoms with Crippen LogP contribution in [0.1, 0.15) is 90.3 Å². The van der Waals surface area contributed by atoms with E-state index in [4.69, 9.17) is 9.84 Å². The minimum absolute atomic E-state index is 0.00628. The molecule has 0 fully saturated rings. The number of carboxylic acid groups (broad SMARTS) is 1. The molecule has 4 rings (SSSR count). The molecule has 3 aromatic rings. The number of carbonyl (C=O) groups excluding carboxylic acids is 2. The van der Waals surface area contributed by atoms with Crippen molar-refractivity contribution in [2.45, 2.75) is 94.4 Å². The van der Waals surface area contributed by atoms with Gasteiger partial charge in [0.15, 0.2) is 16.4 Å². The van der Waals surface area contributed by atoms with Crippen LogP contribution in [0.5, 0.6) is 5.75 Å². The van der Waals surface area contributed by atoms with Gasteiger partial charge in [0.1, 0.15) is 18.3 Å². The van der Waals surface area contributed by atoms with Crippen molar-refractivity contribution >= 4 is 50.8 Å². The van der Waals surface area contributed by atoms with Crippen molar-refractivity contribution in [1.29, 1.82) is 0 Å². The number of hydrogen-bond acceptors (Lipinski definition) is 8. The highest BCUT2D eigenvalue weighted by Crippen LogP contribution is 2.48. The van der Waals surface area contributed by atoms with Gasteiger partial charge in [-0.1, -0.05) is 103 Å². The van der Waals surface area contributed by atoms with E-state index in [1.807, 2.05) is 12.3 Å². The summed E-state index contributed by atoms with van der Waals surface area (Å²) in [5, 5.41) is 14.0. The second-order valence-corrected chi connectivity index (χ2v) is 17.4. The number of nitrogens with one attached hydrogen (secondary N) is 2. The second-order valence-electron chi connectivity index (χ2n) is 14.6. The van der Waals surface area contributed by atoms with Gasteiger partial charge in [-0.3, -0.25) is 14.4 Å². The topological polar surface area (TPSA) is 142 Å². The Morgan fingerprint density at radius 2 is 1.62 bits per heavy atom. The molecule has 0 saturated heterocycles. The minimum Gasteiger partial charge on any atom is -0.483 e. The van der Waals surface area contributed by atoms with Crippen LogP contribution in [0, 0.1) is 5.41 Å². The largest absolute Gasteiger partial charge is 0.483 e. The Morgan fingerprint density at radius 3 is 2.17 bits per heavy atom. The number of fused-ring (bicyclic) bond motifs is 1. The summed E-state index contributed by atoms with van der Waals surface area (Å²) in [6.45, 7) is 10.2. The lowest BCUT2D eigenvalue weighted by Gasteiger charge is -2.37. The summed E-state index contributed by atoms with van der Waals surface area (Å²) in [6, 6.07) is 19.1. The van der Waals surface area contributed by atoms with Crippen molar-refractivity contribution in [3.8, 4) is 5.75 Å². The molecule has 0 aromatic heterocycles. The van der Waals surface area contributed by atoms with Crippen LogP contribution in [-0.4, -0.2) is 63.0 Å². The normalized spacial score (nSPS) is 15.5. The molecule has 0 unspecified atom stereocenters. The van der Waals surface area contributed by atoms with Gasteiger partial charge in [0, 0.05) is 23.7 Å². The highest BCUT2D eigenvalue weighted by Gasteiger charge is 2.42. The zero-order valence-corrected chi connectivity index (χ0v) is 32.8. The van der Waals surface area contributed by atoms with Crippen molar-refractivity contribution in [3.05, 3.63) is 77.9 Å². The molecule has 0 saturated carbocycles. The molecule has 3 aromatic carbocycles. The van der Waals surface area contributed by atoms with E-state index in [1.54, 1.807) is 36.4 Å². The van der Waals surface area contributed by atoms with Crippen LogP contribution in [0.15, 0.2) is 76.5 Å². The van der Waals surface area contributed by atoms with Gasteiger partial charge in [0.05, 0.1) is 21.2 Å². The Labute approximate surface area is 313 Å². The molecule has 0 aliphatic carbocycles. The van der Waals surface area contributed by atoms with Crippen LogP contribution in [0.3, 0.4) is 0 Å². The van der Waals surface area contributed by atoms with Gasteiger partial charge in [-0.2, -0.15) is 0 Å². The fourth-order valence-electron chi connectivity index (χ4n) is 6.67. The predicted octanol–water partition coefficient (Wildman–Crippen LogP) is 7.44. The van der Waals surface area contributed by atoms with Crippen molar-refractivity contribution in [1.82, 2.24) is 10.6 Å². The lowest BCUT2D eigenvalue weighted by atomic mass is 9.79. The van der Waals surface area contributed by atoms with Gasteiger partial charge >= 0.3 is 5.97 Å². The Balaban J connectivity index is 1.73. The zero-order valence-electron chi connectivity index (χ0n) is 31.2. The third kappa shape index (κ3) is 10.3. The van der Waals surface area contributed by atoms with Gasteiger partial charge in [0.2, 0.25) is 5.91 Å². The average molecular weight is 752 g/mol. The summed E-state index contributed by atoms with van der Waals surface area (Å²) in [5.41, 5.74) is 2.63. The Kier molecular flexibility index (Phi) is 13.8. The van der Waals surface area contributed by atoms with Gasteiger partial charge in [-0.05, 0) is 53.8 Å². The molecule has 2 amide bonds. The molecule has 12 heteroatoms. The van der Waals surface area contributed by atoms with Gasteiger partial charge in [-0.15, -0.1) is 11.8 Å². The number of anilines is 2. The summed E-state index contributed by atoms with van der Waals surface area (Å²) in [7, 11) is -3.82. The first-order valence-corrected chi connectivity index (χ1v) is 20.8. The first-order chi connectivity index (χ1) is 24.6. The Morgan fingerprint density at radius 1 is 0.981 bits per heavy atom. The maximum Gasteiger partial charge on any atom is 0.322 e. The molecule has 1 aliphatic heterocycles. The van der Waals surface area contributed by atoms with Crippen molar-refractivity contribution < 1.29 is 32.6 Å². The number of benzene rings is 3. The lowest BCUT2D eigenvalue weighted by molar-refractivity contribution is -0.138. The molecule has 0 bridgehead atoms. The quantitative estimate of drug-likeness (QED) is 0.127. The van der Waals surface area contributed by atoms with Crippen LogP contribution in [0.2, 0.25) is 0 Å².